The van der Waals surface area contributed by atoms with Crippen LogP contribution in [0.4, 0.5) is 17.3 Å². The first-order chi connectivity index (χ1) is 24.1. The first kappa shape index (κ1) is 39.9. The van der Waals surface area contributed by atoms with E-state index in [1.807, 2.05) is 38.1 Å². The Bertz CT molecular complexity index is 2170. The molecule has 0 bridgehead atoms. The van der Waals surface area contributed by atoms with Crippen LogP contribution in [0.25, 0.3) is 55.7 Å². The van der Waals surface area contributed by atoms with Crippen LogP contribution >= 0.6 is 0 Å². The molecule has 0 N–H and O–H groups in total. The van der Waals surface area contributed by atoms with E-state index >= 15 is 0 Å². The molecule has 10 heteroatoms. The molecule has 52 heavy (non-hydrogen) atoms. The molecule has 4 nitrogen and oxygen atoms in total. The molecule has 0 aliphatic rings. The van der Waals surface area contributed by atoms with Gasteiger partial charge in [-0.15, -0.1) is 0 Å². The van der Waals surface area contributed by atoms with Crippen molar-refractivity contribution in [2.24, 2.45) is 0 Å². The Kier molecular flexibility index (Phi) is 12.7. The number of fused-ring (bicyclic) bond motifs is 3. The SMILES string of the molecule is Cc1cc(C)c(-c2cccc(-c3cccc(-c4c(C)cc(C)cc4C)n3)n2)c(C)c1.Cc1ccc2ccc3ccc(C)nc3c2n1.F[B-](F)(F)F.[Cu+]. The monoisotopic (exact) mass is 750 g/mol. The van der Waals surface area contributed by atoms with Crippen molar-refractivity contribution in [3.8, 4) is 33.9 Å². The van der Waals surface area contributed by atoms with Gasteiger partial charge in [0.25, 0.3) is 0 Å². The minimum Gasteiger partial charge on any atom is -0.418 e. The molecule has 0 spiro atoms. The number of pyridine rings is 4. The van der Waals surface area contributed by atoms with Crippen molar-refractivity contribution in [3.05, 3.63) is 142 Å². The quantitative estimate of drug-likeness (QED) is 0.102. The van der Waals surface area contributed by atoms with Gasteiger partial charge < -0.3 is 17.3 Å². The molecule has 270 valence electrons. The maximum Gasteiger partial charge on any atom is 1.00 e. The Labute approximate surface area is 313 Å². The Morgan fingerprint density at radius 3 is 1.02 bits per heavy atom. The van der Waals surface area contributed by atoms with Crippen LogP contribution in [-0.2, 0) is 17.1 Å². The van der Waals surface area contributed by atoms with Crippen molar-refractivity contribution in [2.45, 2.75) is 55.4 Å². The summed E-state index contributed by atoms with van der Waals surface area (Å²) in [5, 5.41) is 2.30. The summed E-state index contributed by atoms with van der Waals surface area (Å²) >= 11 is 0. The zero-order chi connectivity index (χ0) is 37.0. The van der Waals surface area contributed by atoms with E-state index in [1.165, 1.54) is 44.5 Å². The molecule has 7 rings (SSSR count). The van der Waals surface area contributed by atoms with E-state index in [4.69, 9.17) is 9.97 Å². The topological polar surface area (TPSA) is 51.6 Å². The molecule has 0 aliphatic heterocycles. The van der Waals surface area contributed by atoms with Crippen LogP contribution in [0.5, 0.6) is 0 Å². The van der Waals surface area contributed by atoms with Crippen LogP contribution < -0.4 is 0 Å². The smallest absolute Gasteiger partial charge is 0.418 e. The summed E-state index contributed by atoms with van der Waals surface area (Å²) in [4.78, 5) is 19.2. The van der Waals surface area contributed by atoms with Crippen molar-refractivity contribution < 1.29 is 34.3 Å². The van der Waals surface area contributed by atoms with Crippen LogP contribution in [0.1, 0.15) is 44.8 Å². The molecular formula is C42H40BCuF4N4. The van der Waals surface area contributed by atoms with E-state index in [9.17, 15) is 17.3 Å². The Balaban J connectivity index is 0.000000229. The molecule has 0 aliphatic carbocycles. The second-order valence-corrected chi connectivity index (χ2v) is 13.0. The van der Waals surface area contributed by atoms with Gasteiger partial charge in [0.15, 0.2) is 0 Å². The maximum absolute atomic E-state index is 9.75. The fraction of sp³-hybridized carbons (Fsp3) is 0.190. The van der Waals surface area contributed by atoms with Gasteiger partial charge in [-0.25, -0.2) is 9.97 Å². The van der Waals surface area contributed by atoms with Gasteiger partial charge in [-0.2, -0.15) is 0 Å². The van der Waals surface area contributed by atoms with Crippen molar-refractivity contribution >= 4 is 29.1 Å². The zero-order valence-corrected chi connectivity index (χ0v) is 31.4. The Hall–Kier alpha value is -4.92. The van der Waals surface area contributed by atoms with Gasteiger partial charge in [0.1, 0.15) is 0 Å². The molecule has 0 radical (unpaired) electrons. The third-order valence-electron chi connectivity index (χ3n) is 8.43. The predicted molar refractivity (Wildman–Crippen MR) is 203 cm³/mol. The molecule has 0 amide bonds. The Morgan fingerprint density at radius 1 is 0.404 bits per heavy atom. The summed E-state index contributed by atoms with van der Waals surface area (Å²) in [7, 11) is -6.00. The van der Waals surface area contributed by atoms with Crippen molar-refractivity contribution in [1.82, 2.24) is 19.9 Å². The molecule has 0 unspecified atom stereocenters. The molecule has 7 aromatic rings. The fourth-order valence-corrected chi connectivity index (χ4v) is 6.56. The van der Waals surface area contributed by atoms with Gasteiger partial charge >= 0.3 is 24.3 Å². The van der Waals surface area contributed by atoms with E-state index in [1.54, 1.807) is 0 Å². The largest absolute Gasteiger partial charge is 1.00 e. The van der Waals surface area contributed by atoms with E-state index in [-0.39, 0.29) is 17.1 Å². The summed E-state index contributed by atoms with van der Waals surface area (Å²) in [6, 6.07) is 33.8. The number of hydrogen-bond acceptors (Lipinski definition) is 4. The normalized spacial score (nSPS) is 10.9. The average molecular weight is 751 g/mol. The first-order valence-corrected chi connectivity index (χ1v) is 16.7. The minimum absolute atomic E-state index is 0. The van der Waals surface area contributed by atoms with Crippen LogP contribution in [0.2, 0.25) is 0 Å². The third-order valence-corrected chi connectivity index (χ3v) is 8.43. The summed E-state index contributed by atoms with van der Waals surface area (Å²) < 4.78 is 39.0. The molecule has 0 atom stereocenters. The minimum atomic E-state index is -6.00. The number of halogens is 4. The van der Waals surface area contributed by atoms with Gasteiger partial charge in [0.05, 0.1) is 33.8 Å². The van der Waals surface area contributed by atoms with Crippen molar-refractivity contribution in [1.29, 1.82) is 0 Å². The van der Waals surface area contributed by atoms with Crippen molar-refractivity contribution in [3.63, 3.8) is 0 Å². The Morgan fingerprint density at radius 2 is 0.692 bits per heavy atom. The van der Waals surface area contributed by atoms with Crippen LogP contribution in [0.15, 0.2) is 97.1 Å². The summed E-state index contributed by atoms with van der Waals surface area (Å²) in [6.45, 7) is 16.9. The number of aryl methyl sites for hydroxylation is 8. The van der Waals surface area contributed by atoms with Gasteiger partial charge in [-0.1, -0.05) is 71.8 Å². The predicted octanol–water partition coefficient (Wildman–Crippen LogP) is 12.0. The second-order valence-electron chi connectivity index (χ2n) is 13.0. The molecule has 0 saturated carbocycles. The van der Waals surface area contributed by atoms with Crippen LogP contribution in [-0.4, -0.2) is 27.2 Å². The molecule has 4 heterocycles. The summed E-state index contributed by atoms with van der Waals surface area (Å²) in [5.74, 6) is 0. The second kappa shape index (κ2) is 16.6. The number of hydrogen-bond donors (Lipinski definition) is 0. The van der Waals surface area contributed by atoms with Crippen molar-refractivity contribution in [2.75, 3.05) is 0 Å². The molecule has 4 aromatic heterocycles. The molecule has 3 aromatic carbocycles. The number of benzene rings is 3. The maximum atomic E-state index is 9.75. The fourth-order valence-electron chi connectivity index (χ4n) is 6.56. The van der Waals surface area contributed by atoms with Crippen LogP contribution in [0.3, 0.4) is 0 Å². The van der Waals surface area contributed by atoms with Crippen LogP contribution in [0, 0.1) is 55.4 Å². The number of nitrogens with zero attached hydrogens (tertiary/aromatic N) is 4. The molecular weight excluding hydrogens is 711 g/mol. The number of aromatic nitrogens is 4. The van der Waals surface area contributed by atoms with Gasteiger partial charge in [0.2, 0.25) is 0 Å². The number of rotatable bonds is 3. The van der Waals surface area contributed by atoms with E-state index in [0.29, 0.717) is 0 Å². The molecule has 0 fully saturated rings. The van der Waals surface area contributed by atoms with Gasteiger partial charge in [-0.3, -0.25) is 9.97 Å². The first-order valence-electron chi connectivity index (χ1n) is 16.7. The average Bonchev–Trinajstić information content (AvgIpc) is 3.04. The summed E-state index contributed by atoms with van der Waals surface area (Å²) in [6.07, 6.45) is 0. The van der Waals surface area contributed by atoms with Gasteiger partial charge in [-0.05, 0) is 114 Å². The zero-order valence-electron chi connectivity index (χ0n) is 30.4. The van der Waals surface area contributed by atoms with E-state index < -0.39 is 7.25 Å². The third kappa shape index (κ3) is 9.90. The standard InChI is InChI=1S/C28H28N2.C14H12N2.BF4.Cu/c1-17-13-19(3)27(20(4)14-17)25-11-7-9-23(29-25)24-10-8-12-26(30-24)28-21(5)15-18(2)16-22(28)6;1-9-3-5-11-7-8-12-6-4-10(2)16-14(12)13(11)15-9;2-1(3,4)5;/h7-16H,1-6H3;3-8H,1-2H3;;/q;;-1;+1. The van der Waals surface area contributed by atoms with Gasteiger partial charge in [0, 0.05) is 33.3 Å². The van der Waals surface area contributed by atoms with E-state index in [0.717, 1.165) is 56.0 Å². The van der Waals surface area contributed by atoms with E-state index in [2.05, 4.69) is 124 Å². The summed E-state index contributed by atoms with van der Waals surface area (Å²) in [5.41, 5.74) is 17.9. The molecule has 0 saturated heterocycles.